The van der Waals surface area contributed by atoms with Gasteiger partial charge in [-0.2, -0.15) is 8.42 Å². The van der Waals surface area contributed by atoms with Gasteiger partial charge in [0.15, 0.2) is 11.5 Å². The van der Waals surface area contributed by atoms with Gasteiger partial charge < -0.3 is 32.2 Å². The van der Waals surface area contributed by atoms with Crippen molar-refractivity contribution < 1.29 is 59.4 Å². The number of carbonyl (C=O) groups is 5. The molecule has 2 N–H and O–H groups in total. The molecule has 1 unspecified atom stereocenters. The quantitative estimate of drug-likeness (QED) is 0.0576. The van der Waals surface area contributed by atoms with Crippen LogP contribution in [0.15, 0.2) is 23.4 Å². The van der Waals surface area contributed by atoms with Gasteiger partial charge in [-0.15, -0.1) is 5.06 Å². The number of carbonyl (C=O) groups excluding carboxylic acids is 5. The van der Waals surface area contributed by atoms with Crippen LogP contribution in [0.2, 0.25) is 0 Å². The molecule has 18 heteroatoms. The van der Waals surface area contributed by atoms with Gasteiger partial charge in [-0.25, -0.2) is 4.79 Å². The fourth-order valence-electron chi connectivity index (χ4n) is 7.33. The summed E-state index contributed by atoms with van der Waals surface area (Å²) in [5.74, 6) is -4.47. The number of hydrogen-bond acceptors (Lipinski definition) is 8. The van der Waals surface area contributed by atoms with Crippen LogP contribution < -0.4 is 5.32 Å². The number of aromatic nitrogens is 1. The van der Waals surface area contributed by atoms with Crippen LogP contribution in [-0.4, -0.2) is 113 Å². The summed E-state index contributed by atoms with van der Waals surface area (Å²) in [6.45, 7) is 0.452. The van der Waals surface area contributed by atoms with Gasteiger partial charge in [-0.3, -0.25) is 23.7 Å². The maximum absolute atomic E-state index is 16.9. The van der Waals surface area contributed by atoms with E-state index < -0.39 is 58.4 Å². The van der Waals surface area contributed by atoms with Crippen molar-refractivity contribution in [3.8, 4) is 0 Å². The zero-order valence-electron chi connectivity index (χ0n) is 32.6. The van der Waals surface area contributed by atoms with Gasteiger partial charge in [0.2, 0.25) is 5.91 Å². The lowest BCUT2D eigenvalue weighted by atomic mass is 9.88. The number of hydroxylamine groups is 2. The number of halogens is 2. The predicted octanol–water partition coefficient (Wildman–Crippen LogP) is 4.13. The molecule has 3 aliphatic rings. The first-order valence-electron chi connectivity index (χ1n) is 19.2. The van der Waals surface area contributed by atoms with Crippen LogP contribution in [0, 0.1) is 0 Å². The molecular formula is C37H55BF2N5O9S+. The Morgan fingerprint density at radius 2 is 1.60 bits per heavy atom. The van der Waals surface area contributed by atoms with Crippen molar-refractivity contribution in [2.45, 2.75) is 116 Å². The Morgan fingerprint density at radius 3 is 2.22 bits per heavy atom. The molecular weight excluding hydrogens is 739 g/mol. The van der Waals surface area contributed by atoms with Gasteiger partial charge in [0, 0.05) is 68.4 Å². The lowest BCUT2D eigenvalue weighted by molar-refractivity contribution is -0.870. The van der Waals surface area contributed by atoms with Crippen LogP contribution in [0.5, 0.6) is 0 Å². The Balaban J connectivity index is 1.44. The monoisotopic (exact) mass is 794 g/mol. The molecule has 1 saturated heterocycles. The Kier molecular flexibility index (Phi) is 14.5. The number of quaternary nitrogens is 1. The van der Waals surface area contributed by atoms with Crippen molar-refractivity contribution in [3.63, 3.8) is 0 Å². The molecule has 0 saturated carbocycles. The molecule has 3 aliphatic heterocycles. The van der Waals surface area contributed by atoms with Crippen LogP contribution in [0.3, 0.4) is 0 Å². The molecule has 3 amide bonds. The second kappa shape index (κ2) is 18.3. The van der Waals surface area contributed by atoms with E-state index in [-0.39, 0.29) is 57.1 Å². The van der Waals surface area contributed by atoms with Crippen molar-refractivity contribution in [1.29, 1.82) is 0 Å². The Bertz CT molecular complexity index is 1870. The van der Waals surface area contributed by atoms with Crippen LogP contribution in [0.1, 0.15) is 114 Å². The number of allylic oxidation sites excluding steroid dienone is 2. The van der Waals surface area contributed by atoms with Gasteiger partial charge in [0.1, 0.15) is 17.5 Å². The van der Waals surface area contributed by atoms with Crippen molar-refractivity contribution in [1.82, 2.24) is 14.9 Å². The van der Waals surface area contributed by atoms with E-state index in [1.807, 2.05) is 26.0 Å². The summed E-state index contributed by atoms with van der Waals surface area (Å²) in [7, 11) is 1.49. The fraction of sp³-hybridized carbons (Fsp3) is 0.622. The molecule has 1 aromatic heterocycles. The molecule has 0 spiro atoms. The highest BCUT2D eigenvalue weighted by atomic mass is 32.2. The van der Waals surface area contributed by atoms with E-state index in [0.717, 1.165) is 35.0 Å². The minimum absolute atomic E-state index is 0.0350. The van der Waals surface area contributed by atoms with Gasteiger partial charge >= 0.3 is 12.9 Å². The number of aryl methyl sites for hydroxylation is 2. The maximum atomic E-state index is 16.9. The first kappa shape index (κ1) is 43.7. The largest absolute Gasteiger partial charge is 0.737 e. The van der Waals surface area contributed by atoms with E-state index in [9.17, 15) is 36.9 Å². The van der Waals surface area contributed by atoms with Crippen molar-refractivity contribution in [2.75, 3.05) is 33.4 Å². The number of nitrogens with one attached hydrogen (secondary N) is 1. The average molecular weight is 795 g/mol. The first-order chi connectivity index (χ1) is 25.8. The van der Waals surface area contributed by atoms with E-state index in [1.54, 1.807) is 6.08 Å². The number of fused-ring (bicyclic) bond motifs is 2. The second-order valence-corrected chi connectivity index (χ2v) is 17.1. The third kappa shape index (κ3) is 11.5. The number of rotatable bonds is 22. The minimum Gasteiger partial charge on any atom is -0.394 e. The van der Waals surface area contributed by atoms with Gasteiger partial charge in [-0.05, 0) is 49.4 Å². The summed E-state index contributed by atoms with van der Waals surface area (Å²) < 4.78 is 69.9. The summed E-state index contributed by atoms with van der Waals surface area (Å²) in [5, 5.41) is 2.83. The standard InChI is InChI=1S/C37H54BF2N5O9S/c1-6-12-26-22-28(14-11-21-45(3,4)5)42-31(26)24-32-27(13-7-2)23-29(43(32)38(42,39)40)17-18-34(47)41-30(25-55(51,52)53)33(46)15-9-8-10-16-37(50)54-44-35(48)19-20-36(44)49/h22-24,30H,6-21,25H2,1-5H3,(H-,41,47,51,52,53)/p+1. The van der Waals surface area contributed by atoms with Gasteiger partial charge in [-0.1, -0.05) is 33.1 Å². The highest BCUT2D eigenvalue weighted by Gasteiger charge is 2.54. The zero-order chi connectivity index (χ0) is 40.7. The Hall–Kier alpha value is -4.03. The smallest absolute Gasteiger partial charge is 0.394 e. The topological polar surface area (TPSA) is 172 Å². The Labute approximate surface area is 322 Å². The molecule has 1 aromatic rings. The third-order valence-corrected chi connectivity index (χ3v) is 10.6. The summed E-state index contributed by atoms with van der Waals surface area (Å²) in [6, 6.07) is 0.325. The molecule has 1 atom stereocenters. The van der Waals surface area contributed by atoms with Crippen LogP contribution in [0.25, 0.3) is 6.08 Å². The molecule has 4 heterocycles. The van der Waals surface area contributed by atoms with E-state index in [4.69, 9.17) is 4.84 Å². The summed E-state index contributed by atoms with van der Waals surface area (Å²) in [4.78, 5) is 66.3. The highest BCUT2D eigenvalue weighted by molar-refractivity contribution is 7.85. The normalized spacial score (nSPS) is 17.2. The second-order valence-electron chi connectivity index (χ2n) is 15.6. The molecule has 14 nitrogen and oxygen atoms in total. The number of unbranched alkanes of at least 4 members (excludes halogenated alkanes) is 2. The Morgan fingerprint density at radius 1 is 0.945 bits per heavy atom. The number of amides is 3. The maximum Gasteiger partial charge on any atom is 0.737 e. The summed E-state index contributed by atoms with van der Waals surface area (Å²) >= 11 is 0. The molecule has 0 aromatic carbocycles. The first-order valence-corrected chi connectivity index (χ1v) is 20.8. The summed E-state index contributed by atoms with van der Waals surface area (Å²) in [6.07, 6.45) is 7.40. The number of imide groups is 1. The number of ketones is 1. The van der Waals surface area contributed by atoms with Gasteiger partial charge in [0.25, 0.3) is 21.9 Å². The molecule has 304 valence electrons. The average Bonchev–Trinajstić information content (AvgIpc) is 3.72. The molecule has 55 heavy (non-hydrogen) atoms. The van der Waals surface area contributed by atoms with E-state index >= 15 is 8.63 Å². The molecule has 0 radical (unpaired) electrons. The molecule has 4 rings (SSSR count). The number of nitrogens with zero attached hydrogens (tertiary/aromatic N) is 4. The minimum atomic E-state index is -4.69. The van der Waals surface area contributed by atoms with Gasteiger partial charge in [0.05, 0.1) is 27.7 Å². The van der Waals surface area contributed by atoms with E-state index in [2.05, 4.69) is 26.5 Å². The fourth-order valence-corrected chi connectivity index (χ4v) is 8.02. The van der Waals surface area contributed by atoms with E-state index in [1.165, 1.54) is 4.48 Å². The van der Waals surface area contributed by atoms with Crippen molar-refractivity contribution in [3.05, 3.63) is 40.4 Å². The lowest BCUT2D eigenvalue weighted by Gasteiger charge is -2.32. The summed E-state index contributed by atoms with van der Waals surface area (Å²) in [5.41, 5.74) is 3.36. The number of Topliss-reactive ketones (excluding diaryl/α,β-unsaturated/α-hetero) is 1. The van der Waals surface area contributed by atoms with Crippen LogP contribution in [0.4, 0.5) is 8.63 Å². The van der Waals surface area contributed by atoms with Crippen LogP contribution in [-0.2, 0) is 51.8 Å². The van der Waals surface area contributed by atoms with E-state index in [0.29, 0.717) is 58.7 Å². The molecule has 0 bridgehead atoms. The van der Waals surface area contributed by atoms with Crippen LogP contribution >= 0.6 is 0 Å². The zero-order valence-corrected chi connectivity index (χ0v) is 33.4. The number of hydrogen-bond donors (Lipinski definition) is 2. The highest BCUT2D eigenvalue weighted by Crippen LogP contribution is 2.39. The predicted molar refractivity (Wildman–Crippen MR) is 202 cm³/mol. The van der Waals surface area contributed by atoms with Crippen molar-refractivity contribution >= 4 is 58.3 Å². The molecule has 1 fully saturated rings. The SMILES string of the molecule is CCCC1=CC(CCC(=O)NC(CS(=O)(=O)O)C(=O)CCCCCC(=O)ON2C(=O)CCC2=O)=[N+]2C1=Cc1c(CCC)cc(CCC[N+](C)(C)C)n1[B-]2(F)F. The van der Waals surface area contributed by atoms with Crippen molar-refractivity contribution in [2.24, 2.45) is 0 Å². The third-order valence-electron chi connectivity index (χ3n) is 9.89. The lowest BCUT2D eigenvalue weighted by Crippen LogP contribution is -2.51. The molecule has 0 aliphatic carbocycles.